The van der Waals surface area contributed by atoms with Crippen LogP contribution in [0.5, 0.6) is 11.6 Å². The van der Waals surface area contributed by atoms with Crippen molar-refractivity contribution in [2.75, 3.05) is 5.73 Å². The van der Waals surface area contributed by atoms with E-state index in [4.69, 9.17) is 10.5 Å². The van der Waals surface area contributed by atoms with Crippen LogP contribution in [0, 0.1) is 0 Å². The van der Waals surface area contributed by atoms with E-state index in [0.717, 1.165) is 11.3 Å². The maximum Gasteiger partial charge on any atom is 0.228 e. The van der Waals surface area contributed by atoms with Gasteiger partial charge < -0.3 is 10.5 Å². The zero-order chi connectivity index (χ0) is 13.8. The molecule has 2 N–H and O–H groups in total. The van der Waals surface area contributed by atoms with Crippen LogP contribution >= 0.6 is 0 Å². The van der Waals surface area contributed by atoms with Crippen molar-refractivity contribution in [2.45, 2.75) is 0 Å². The highest BCUT2D eigenvalue weighted by Gasteiger charge is 2.10. The smallest absolute Gasteiger partial charge is 0.228 e. The molecular formula is C15H12N4O. The molecule has 98 valence electrons. The molecule has 20 heavy (non-hydrogen) atoms. The summed E-state index contributed by atoms with van der Waals surface area (Å²) in [6.07, 6.45) is 3.28. The third kappa shape index (κ3) is 2.56. The van der Waals surface area contributed by atoms with Gasteiger partial charge in [0.05, 0.1) is 11.3 Å². The number of nitrogens with two attached hydrogens (primary N) is 1. The fourth-order valence-electron chi connectivity index (χ4n) is 1.79. The molecule has 1 aromatic carbocycles. The van der Waals surface area contributed by atoms with Crippen molar-refractivity contribution in [2.24, 2.45) is 0 Å². The fourth-order valence-corrected chi connectivity index (χ4v) is 1.79. The summed E-state index contributed by atoms with van der Waals surface area (Å²) in [4.78, 5) is 12.3. The van der Waals surface area contributed by atoms with Crippen LogP contribution in [0.3, 0.4) is 0 Å². The fraction of sp³-hybridized carbons (Fsp3) is 0. The van der Waals surface area contributed by atoms with E-state index in [1.54, 1.807) is 18.5 Å². The van der Waals surface area contributed by atoms with Gasteiger partial charge in [-0.05, 0) is 30.3 Å². The lowest BCUT2D eigenvalue weighted by Gasteiger charge is -2.09. The van der Waals surface area contributed by atoms with Crippen LogP contribution in [-0.4, -0.2) is 15.0 Å². The summed E-state index contributed by atoms with van der Waals surface area (Å²) in [6, 6.07) is 14.9. The molecule has 0 radical (unpaired) electrons. The molecular weight excluding hydrogens is 252 g/mol. The normalized spacial score (nSPS) is 10.2. The zero-order valence-electron chi connectivity index (χ0n) is 10.6. The first kappa shape index (κ1) is 12.1. The molecule has 0 atom stereocenters. The van der Waals surface area contributed by atoms with Gasteiger partial charge in [-0.25, -0.2) is 15.0 Å². The Balaban J connectivity index is 2.00. The average molecular weight is 264 g/mol. The largest absolute Gasteiger partial charge is 0.438 e. The average Bonchev–Trinajstić information content (AvgIpc) is 2.49. The van der Waals surface area contributed by atoms with Crippen LogP contribution in [0.4, 0.5) is 5.95 Å². The molecule has 2 aromatic heterocycles. The Kier molecular flexibility index (Phi) is 3.24. The summed E-state index contributed by atoms with van der Waals surface area (Å²) in [5.74, 6) is 1.42. The molecule has 0 aliphatic heterocycles. The third-order valence-electron chi connectivity index (χ3n) is 2.68. The van der Waals surface area contributed by atoms with Crippen molar-refractivity contribution in [3.05, 3.63) is 60.9 Å². The Morgan fingerprint density at radius 1 is 0.850 bits per heavy atom. The van der Waals surface area contributed by atoms with E-state index in [1.165, 1.54) is 0 Å². The number of nitrogen functional groups attached to an aromatic ring is 1. The second-order valence-corrected chi connectivity index (χ2v) is 4.07. The lowest BCUT2D eigenvalue weighted by Crippen LogP contribution is -1.97. The van der Waals surface area contributed by atoms with Crippen molar-refractivity contribution < 1.29 is 4.74 Å². The van der Waals surface area contributed by atoms with Crippen LogP contribution in [0.25, 0.3) is 11.3 Å². The summed E-state index contributed by atoms with van der Waals surface area (Å²) < 4.78 is 5.79. The first-order valence-electron chi connectivity index (χ1n) is 6.10. The number of ether oxygens (including phenoxy) is 1. The number of hydrogen-bond acceptors (Lipinski definition) is 5. The molecule has 5 heteroatoms. The Morgan fingerprint density at radius 3 is 2.50 bits per heavy atom. The Hall–Kier alpha value is -2.95. The highest BCUT2D eigenvalue weighted by atomic mass is 16.5. The third-order valence-corrected chi connectivity index (χ3v) is 2.68. The molecule has 2 heterocycles. The summed E-state index contributed by atoms with van der Waals surface area (Å²) in [5.41, 5.74) is 7.06. The second kappa shape index (κ2) is 5.36. The molecule has 0 saturated carbocycles. The molecule has 3 rings (SSSR count). The van der Waals surface area contributed by atoms with Crippen molar-refractivity contribution in [3.63, 3.8) is 0 Å². The molecule has 0 amide bonds. The van der Waals surface area contributed by atoms with E-state index < -0.39 is 0 Å². The van der Waals surface area contributed by atoms with Gasteiger partial charge in [0.15, 0.2) is 0 Å². The van der Waals surface area contributed by atoms with E-state index in [1.807, 2.05) is 42.5 Å². The van der Waals surface area contributed by atoms with Crippen LogP contribution in [-0.2, 0) is 0 Å². The van der Waals surface area contributed by atoms with Gasteiger partial charge in [0.1, 0.15) is 5.75 Å². The topological polar surface area (TPSA) is 73.9 Å². The molecule has 0 fully saturated rings. The number of nitrogens with zero attached hydrogens (tertiary/aromatic N) is 3. The molecule has 0 saturated heterocycles. The van der Waals surface area contributed by atoms with E-state index in [0.29, 0.717) is 11.6 Å². The minimum atomic E-state index is 0.219. The Bertz CT molecular complexity index is 716. The number of aromatic nitrogens is 3. The van der Waals surface area contributed by atoms with Gasteiger partial charge >= 0.3 is 0 Å². The summed E-state index contributed by atoms with van der Waals surface area (Å²) >= 11 is 0. The molecule has 5 nitrogen and oxygen atoms in total. The monoisotopic (exact) mass is 264 g/mol. The van der Waals surface area contributed by atoms with Gasteiger partial charge in [-0.3, -0.25) is 0 Å². The van der Waals surface area contributed by atoms with E-state index in [9.17, 15) is 0 Å². The van der Waals surface area contributed by atoms with Crippen molar-refractivity contribution in [1.82, 2.24) is 15.0 Å². The SMILES string of the molecule is Nc1nccc(-c2cccnc2Oc2ccccc2)n1. The van der Waals surface area contributed by atoms with Crippen LogP contribution in [0.1, 0.15) is 0 Å². The van der Waals surface area contributed by atoms with Gasteiger partial charge in [0, 0.05) is 12.4 Å². The quantitative estimate of drug-likeness (QED) is 0.787. The number of benzene rings is 1. The lowest BCUT2D eigenvalue weighted by atomic mass is 10.2. The van der Waals surface area contributed by atoms with Crippen molar-refractivity contribution in [3.8, 4) is 22.9 Å². The zero-order valence-corrected chi connectivity index (χ0v) is 10.6. The lowest BCUT2D eigenvalue weighted by molar-refractivity contribution is 0.465. The second-order valence-electron chi connectivity index (χ2n) is 4.07. The summed E-state index contributed by atoms with van der Waals surface area (Å²) in [5, 5.41) is 0. The highest BCUT2D eigenvalue weighted by molar-refractivity contribution is 5.65. The van der Waals surface area contributed by atoms with E-state index in [-0.39, 0.29) is 5.95 Å². The predicted molar refractivity (Wildman–Crippen MR) is 76.2 cm³/mol. The number of hydrogen-bond donors (Lipinski definition) is 1. The molecule has 0 aliphatic carbocycles. The van der Waals surface area contributed by atoms with Crippen LogP contribution in [0.15, 0.2) is 60.9 Å². The number of pyridine rings is 1. The summed E-state index contributed by atoms with van der Waals surface area (Å²) in [6.45, 7) is 0. The molecule has 0 unspecified atom stereocenters. The molecule has 0 aliphatic rings. The number of rotatable bonds is 3. The minimum Gasteiger partial charge on any atom is -0.438 e. The van der Waals surface area contributed by atoms with Crippen molar-refractivity contribution >= 4 is 5.95 Å². The Labute approximate surface area is 116 Å². The number of para-hydroxylation sites is 1. The predicted octanol–water partition coefficient (Wildman–Crippen LogP) is 2.91. The maximum absolute atomic E-state index is 5.79. The first-order chi connectivity index (χ1) is 9.83. The standard InChI is InChI=1S/C15H12N4O/c16-15-18-10-8-13(19-15)12-7-4-9-17-14(12)20-11-5-2-1-3-6-11/h1-10H,(H2,16,18,19). The highest BCUT2D eigenvalue weighted by Crippen LogP contribution is 2.29. The van der Waals surface area contributed by atoms with Crippen LogP contribution < -0.4 is 10.5 Å². The van der Waals surface area contributed by atoms with Gasteiger partial charge in [-0.1, -0.05) is 18.2 Å². The van der Waals surface area contributed by atoms with Gasteiger partial charge in [0.25, 0.3) is 0 Å². The number of anilines is 1. The van der Waals surface area contributed by atoms with Crippen LogP contribution in [0.2, 0.25) is 0 Å². The van der Waals surface area contributed by atoms with Crippen molar-refractivity contribution in [1.29, 1.82) is 0 Å². The molecule has 0 spiro atoms. The molecule has 0 bridgehead atoms. The maximum atomic E-state index is 5.79. The minimum absolute atomic E-state index is 0.219. The summed E-state index contributed by atoms with van der Waals surface area (Å²) in [7, 11) is 0. The Morgan fingerprint density at radius 2 is 1.70 bits per heavy atom. The van der Waals surface area contributed by atoms with Gasteiger partial charge in [0.2, 0.25) is 11.8 Å². The first-order valence-corrected chi connectivity index (χ1v) is 6.10. The van der Waals surface area contributed by atoms with E-state index >= 15 is 0 Å². The van der Waals surface area contributed by atoms with E-state index in [2.05, 4.69) is 15.0 Å². The van der Waals surface area contributed by atoms with Gasteiger partial charge in [-0.2, -0.15) is 0 Å². The van der Waals surface area contributed by atoms with Gasteiger partial charge in [-0.15, -0.1) is 0 Å². The molecule has 3 aromatic rings.